The van der Waals surface area contributed by atoms with Gasteiger partial charge in [0.05, 0.1) is 6.04 Å². The van der Waals surface area contributed by atoms with Gasteiger partial charge in [0.2, 0.25) is 0 Å². The van der Waals surface area contributed by atoms with E-state index in [-0.39, 0.29) is 6.04 Å². The molecule has 18 heavy (non-hydrogen) atoms. The van der Waals surface area contributed by atoms with Gasteiger partial charge in [-0.25, -0.2) is 0 Å². The Morgan fingerprint density at radius 3 is 2.56 bits per heavy atom. The highest BCUT2D eigenvalue weighted by Gasteiger charge is 2.62. The van der Waals surface area contributed by atoms with Crippen molar-refractivity contribution < 1.29 is 4.79 Å². The second-order valence-electron chi connectivity index (χ2n) is 6.82. The van der Waals surface area contributed by atoms with Gasteiger partial charge in [0.1, 0.15) is 5.78 Å². The molecule has 0 bridgehead atoms. The van der Waals surface area contributed by atoms with E-state index in [9.17, 15) is 4.79 Å². The lowest BCUT2D eigenvalue weighted by Crippen LogP contribution is -2.35. The molecule has 3 atom stereocenters. The molecule has 0 amide bonds. The van der Waals surface area contributed by atoms with Crippen molar-refractivity contribution in [2.75, 3.05) is 13.1 Å². The molecule has 0 aromatic carbocycles. The van der Waals surface area contributed by atoms with Gasteiger partial charge in [-0.3, -0.25) is 9.69 Å². The van der Waals surface area contributed by atoms with E-state index < -0.39 is 0 Å². The fourth-order valence-corrected chi connectivity index (χ4v) is 4.80. The van der Waals surface area contributed by atoms with Gasteiger partial charge in [-0.15, -0.1) is 0 Å². The molecule has 2 nitrogen and oxygen atoms in total. The van der Waals surface area contributed by atoms with E-state index in [1.54, 1.807) is 0 Å². The first-order valence-corrected chi connectivity index (χ1v) is 7.97. The number of hydrogen-bond acceptors (Lipinski definition) is 2. The van der Waals surface area contributed by atoms with Crippen LogP contribution in [0.5, 0.6) is 0 Å². The van der Waals surface area contributed by atoms with Crippen molar-refractivity contribution in [2.45, 2.75) is 64.8 Å². The third-order valence-electron chi connectivity index (χ3n) is 5.91. The second-order valence-corrected chi connectivity index (χ2v) is 6.82. The molecule has 0 aromatic rings. The number of rotatable bonds is 4. The predicted octanol–water partition coefficient (Wildman–Crippen LogP) is 3.26. The topological polar surface area (TPSA) is 20.3 Å². The van der Waals surface area contributed by atoms with E-state index in [1.807, 2.05) is 6.92 Å². The van der Waals surface area contributed by atoms with E-state index >= 15 is 0 Å². The molecule has 0 radical (unpaired) electrons. The summed E-state index contributed by atoms with van der Waals surface area (Å²) in [5.74, 6) is 2.44. The lowest BCUT2D eigenvalue weighted by Gasteiger charge is -2.20. The number of carbonyl (C=O) groups excluding carboxylic acids is 1. The Morgan fingerprint density at radius 1 is 1.22 bits per heavy atom. The van der Waals surface area contributed by atoms with Crippen molar-refractivity contribution in [1.82, 2.24) is 4.90 Å². The highest BCUT2D eigenvalue weighted by molar-refractivity contribution is 5.84. The van der Waals surface area contributed by atoms with Crippen molar-refractivity contribution in [3.8, 4) is 0 Å². The quantitative estimate of drug-likeness (QED) is 0.762. The average Bonchev–Trinajstić information content (AvgIpc) is 2.80. The van der Waals surface area contributed by atoms with Gasteiger partial charge >= 0.3 is 0 Å². The number of Topliss-reactive ketones (excluding diaryl/α,β-unsaturated/α-hetero) is 1. The minimum absolute atomic E-state index is 0.256. The number of nitrogens with zero attached hydrogens (tertiary/aromatic N) is 1. The Kier molecular flexibility index (Phi) is 3.25. The molecule has 2 heteroatoms. The average molecular weight is 249 g/mol. The Bertz CT molecular complexity index is 334. The lowest BCUT2D eigenvalue weighted by molar-refractivity contribution is -0.123. The normalized spacial score (nSPS) is 40.8. The van der Waals surface area contributed by atoms with Crippen molar-refractivity contribution in [3.63, 3.8) is 0 Å². The largest absolute Gasteiger partial charge is 0.298 e. The van der Waals surface area contributed by atoms with Crippen LogP contribution in [0.1, 0.15) is 58.8 Å². The maximum Gasteiger partial charge on any atom is 0.149 e. The second kappa shape index (κ2) is 4.63. The number of ketones is 1. The standard InChI is InChI=1S/C16H27NO/c1-3-15(18)14-10-16(11-17(14)4-2)9-13(16)12-7-5-6-8-12/h12-14H,3-11H2,1-2H3/t13?,14-,16-/m0/s1. The molecule has 1 unspecified atom stereocenters. The number of likely N-dealkylation sites (N-methyl/N-ethyl adjacent to an activating group) is 1. The molecule has 1 spiro atoms. The summed E-state index contributed by atoms with van der Waals surface area (Å²) in [5, 5.41) is 0. The van der Waals surface area contributed by atoms with Gasteiger partial charge < -0.3 is 0 Å². The molecule has 102 valence electrons. The van der Waals surface area contributed by atoms with Crippen LogP contribution in [0, 0.1) is 17.3 Å². The van der Waals surface area contributed by atoms with Crippen LogP contribution in [-0.2, 0) is 4.79 Å². The maximum atomic E-state index is 12.1. The predicted molar refractivity (Wildman–Crippen MR) is 73.4 cm³/mol. The smallest absolute Gasteiger partial charge is 0.149 e. The molecule has 3 rings (SSSR count). The first-order chi connectivity index (χ1) is 8.70. The molecule has 1 saturated heterocycles. The highest BCUT2D eigenvalue weighted by Crippen LogP contribution is 2.65. The van der Waals surface area contributed by atoms with Crippen LogP contribution >= 0.6 is 0 Å². The molecule has 2 aliphatic carbocycles. The summed E-state index contributed by atoms with van der Waals surface area (Å²) in [4.78, 5) is 14.5. The van der Waals surface area contributed by atoms with Crippen LogP contribution in [0.15, 0.2) is 0 Å². The van der Waals surface area contributed by atoms with E-state index in [1.165, 1.54) is 45.1 Å². The van der Waals surface area contributed by atoms with E-state index in [0.717, 1.165) is 18.4 Å². The molecule has 0 N–H and O–H groups in total. The Labute approximate surface area is 111 Å². The maximum absolute atomic E-state index is 12.1. The Balaban J connectivity index is 1.68. The molecular formula is C16H27NO. The summed E-state index contributed by atoms with van der Waals surface area (Å²) in [6.07, 6.45) is 9.13. The number of likely N-dealkylation sites (tertiary alicyclic amines) is 1. The van der Waals surface area contributed by atoms with Crippen molar-refractivity contribution in [1.29, 1.82) is 0 Å². The van der Waals surface area contributed by atoms with E-state index in [2.05, 4.69) is 11.8 Å². The van der Waals surface area contributed by atoms with Crippen molar-refractivity contribution in [2.24, 2.45) is 17.3 Å². The first-order valence-electron chi connectivity index (χ1n) is 7.97. The van der Waals surface area contributed by atoms with E-state index in [4.69, 9.17) is 0 Å². The van der Waals surface area contributed by atoms with Crippen molar-refractivity contribution in [3.05, 3.63) is 0 Å². The van der Waals surface area contributed by atoms with Crippen LogP contribution in [0.4, 0.5) is 0 Å². The van der Waals surface area contributed by atoms with Gasteiger partial charge in [-0.1, -0.05) is 39.5 Å². The summed E-state index contributed by atoms with van der Waals surface area (Å²) in [7, 11) is 0. The third-order valence-corrected chi connectivity index (χ3v) is 5.91. The van der Waals surface area contributed by atoms with Crippen LogP contribution < -0.4 is 0 Å². The molecular weight excluding hydrogens is 222 g/mol. The zero-order chi connectivity index (χ0) is 12.8. The minimum Gasteiger partial charge on any atom is -0.298 e. The van der Waals surface area contributed by atoms with Gasteiger partial charge in [-0.2, -0.15) is 0 Å². The zero-order valence-corrected chi connectivity index (χ0v) is 12.0. The number of hydrogen-bond donors (Lipinski definition) is 0. The molecule has 1 heterocycles. The third kappa shape index (κ3) is 1.93. The van der Waals surface area contributed by atoms with Gasteiger partial charge in [0.25, 0.3) is 0 Å². The van der Waals surface area contributed by atoms with Gasteiger partial charge in [0, 0.05) is 13.0 Å². The molecule has 1 aliphatic heterocycles. The van der Waals surface area contributed by atoms with Gasteiger partial charge in [0.15, 0.2) is 0 Å². The lowest BCUT2D eigenvalue weighted by atomic mass is 9.90. The monoisotopic (exact) mass is 249 g/mol. The minimum atomic E-state index is 0.256. The summed E-state index contributed by atoms with van der Waals surface area (Å²) in [6, 6.07) is 0.256. The molecule has 2 saturated carbocycles. The first kappa shape index (κ1) is 12.7. The summed E-state index contributed by atoms with van der Waals surface area (Å²) < 4.78 is 0. The van der Waals surface area contributed by atoms with Crippen molar-refractivity contribution >= 4 is 5.78 Å². The SMILES string of the molecule is CCC(=O)[C@@H]1C[C@@]2(CC2C2CCCC2)CN1CC. The van der Waals surface area contributed by atoms with Gasteiger partial charge in [-0.05, 0) is 36.6 Å². The molecule has 3 aliphatic rings. The summed E-state index contributed by atoms with van der Waals surface area (Å²) in [6.45, 7) is 6.49. The fourth-order valence-electron chi connectivity index (χ4n) is 4.80. The van der Waals surface area contributed by atoms with Crippen LogP contribution in [0.2, 0.25) is 0 Å². The molecule has 3 fully saturated rings. The van der Waals surface area contributed by atoms with Crippen LogP contribution in [0.25, 0.3) is 0 Å². The number of carbonyl (C=O) groups is 1. The Morgan fingerprint density at radius 2 is 1.94 bits per heavy atom. The fraction of sp³-hybridized carbons (Fsp3) is 0.938. The van der Waals surface area contributed by atoms with E-state index in [0.29, 0.717) is 17.6 Å². The van der Waals surface area contributed by atoms with Crippen LogP contribution in [-0.4, -0.2) is 29.8 Å². The summed E-state index contributed by atoms with van der Waals surface area (Å²) >= 11 is 0. The summed E-state index contributed by atoms with van der Waals surface area (Å²) in [5.41, 5.74) is 0.556. The molecule has 0 aromatic heterocycles. The van der Waals surface area contributed by atoms with Crippen LogP contribution in [0.3, 0.4) is 0 Å². The highest BCUT2D eigenvalue weighted by atomic mass is 16.1. The Hall–Kier alpha value is -0.370. The zero-order valence-electron chi connectivity index (χ0n) is 12.0.